The number of aromatic nitrogens is 4. The molecule has 0 atom stereocenters. The van der Waals surface area contributed by atoms with E-state index in [1.54, 1.807) is 24.9 Å². The van der Waals surface area contributed by atoms with Crippen LogP contribution in [0.15, 0.2) is 39.0 Å². The molecule has 0 fully saturated rings. The summed E-state index contributed by atoms with van der Waals surface area (Å²) >= 11 is 0. The molecule has 0 aliphatic carbocycles. The van der Waals surface area contributed by atoms with Gasteiger partial charge in [0.15, 0.2) is 11.2 Å². The van der Waals surface area contributed by atoms with Crippen molar-refractivity contribution < 1.29 is 0 Å². The number of fused-ring (bicyclic) bond motifs is 1. The number of hydrogen-bond acceptors (Lipinski definition) is 6. The van der Waals surface area contributed by atoms with E-state index in [0.717, 1.165) is 15.8 Å². The molecule has 0 bridgehead atoms. The number of hydrazone groups is 1. The van der Waals surface area contributed by atoms with Gasteiger partial charge in [-0.15, -0.1) is 0 Å². The third-order valence-corrected chi connectivity index (χ3v) is 4.26. The van der Waals surface area contributed by atoms with E-state index in [1.165, 1.54) is 11.6 Å². The number of benzene rings is 1. The summed E-state index contributed by atoms with van der Waals surface area (Å²) in [5, 5.41) is 4.18. The molecule has 3 rings (SSSR count). The molecular weight excluding hydrogens is 334 g/mol. The summed E-state index contributed by atoms with van der Waals surface area (Å²) in [4.78, 5) is 30.7. The first-order chi connectivity index (χ1) is 12.3. The normalized spacial score (nSPS) is 11.4. The van der Waals surface area contributed by atoms with Gasteiger partial charge < -0.3 is 9.47 Å². The summed E-state index contributed by atoms with van der Waals surface area (Å²) in [5.41, 5.74) is 4.69. The molecule has 3 aromatic rings. The second-order valence-corrected chi connectivity index (χ2v) is 6.23. The molecule has 26 heavy (non-hydrogen) atoms. The van der Waals surface area contributed by atoms with Crippen molar-refractivity contribution in [2.24, 2.45) is 26.2 Å². The van der Waals surface area contributed by atoms with Crippen molar-refractivity contribution in [1.82, 2.24) is 18.7 Å². The Hall–Kier alpha value is -3.36. The van der Waals surface area contributed by atoms with Crippen LogP contribution in [0.2, 0.25) is 0 Å². The van der Waals surface area contributed by atoms with Crippen LogP contribution in [0, 0.1) is 0 Å². The van der Waals surface area contributed by atoms with Crippen molar-refractivity contribution in [2.75, 3.05) is 24.4 Å². The highest BCUT2D eigenvalue weighted by molar-refractivity contribution is 5.81. The molecule has 1 N–H and O–H groups in total. The van der Waals surface area contributed by atoms with Crippen molar-refractivity contribution in [3.63, 3.8) is 0 Å². The molecule has 1 aromatic carbocycles. The molecule has 0 spiro atoms. The van der Waals surface area contributed by atoms with E-state index in [4.69, 9.17) is 0 Å². The third-order valence-electron chi connectivity index (χ3n) is 4.26. The van der Waals surface area contributed by atoms with Gasteiger partial charge in [0.1, 0.15) is 0 Å². The number of anilines is 2. The zero-order valence-electron chi connectivity index (χ0n) is 15.4. The first-order valence-electron chi connectivity index (χ1n) is 8.00. The van der Waals surface area contributed by atoms with Crippen LogP contribution in [0.5, 0.6) is 0 Å². The van der Waals surface area contributed by atoms with Gasteiger partial charge >= 0.3 is 5.69 Å². The van der Waals surface area contributed by atoms with Gasteiger partial charge in [-0.25, -0.2) is 10.2 Å². The van der Waals surface area contributed by atoms with Gasteiger partial charge in [-0.1, -0.05) is 12.1 Å². The van der Waals surface area contributed by atoms with Gasteiger partial charge in [0, 0.05) is 40.9 Å². The van der Waals surface area contributed by atoms with E-state index in [-0.39, 0.29) is 0 Å². The molecule has 9 nitrogen and oxygen atoms in total. The van der Waals surface area contributed by atoms with Gasteiger partial charge in [0.05, 0.1) is 6.21 Å². The lowest BCUT2D eigenvalue weighted by molar-refractivity contribution is 0.705. The second kappa shape index (κ2) is 6.51. The van der Waals surface area contributed by atoms with Crippen LogP contribution >= 0.6 is 0 Å². The molecule has 0 radical (unpaired) electrons. The largest absolute Gasteiger partial charge is 0.378 e. The molecule has 0 saturated carbocycles. The molecule has 0 aliphatic heterocycles. The average Bonchev–Trinajstić information content (AvgIpc) is 2.95. The lowest BCUT2D eigenvalue weighted by Crippen LogP contribution is -2.37. The fraction of sp³-hybridized carbons (Fsp3) is 0.294. The number of nitrogens with one attached hydrogen (secondary N) is 1. The van der Waals surface area contributed by atoms with Crippen LogP contribution < -0.4 is 21.6 Å². The van der Waals surface area contributed by atoms with Crippen molar-refractivity contribution in [2.45, 2.75) is 0 Å². The van der Waals surface area contributed by atoms with Gasteiger partial charge in [0.2, 0.25) is 5.95 Å². The monoisotopic (exact) mass is 355 g/mol. The first-order valence-corrected chi connectivity index (χ1v) is 8.00. The Labute approximate surface area is 149 Å². The highest BCUT2D eigenvalue weighted by atomic mass is 16.2. The Kier molecular flexibility index (Phi) is 4.37. The van der Waals surface area contributed by atoms with Crippen molar-refractivity contribution in [1.29, 1.82) is 0 Å². The number of imidazole rings is 1. The maximum atomic E-state index is 12.3. The van der Waals surface area contributed by atoms with E-state index < -0.39 is 11.2 Å². The van der Waals surface area contributed by atoms with E-state index >= 15 is 0 Å². The Morgan fingerprint density at radius 2 is 1.69 bits per heavy atom. The quantitative estimate of drug-likeness (QED) is 0.543. The van der Waals surface area contributed by atoms with Crippen molar-refractivity contribution in [3.05, 3.63) is 50.7 Å². The summed E-state index contributed by atoms with van der Waals surface area (Å²) in [6.45, 7) is 0. The molecular formula is C17H21N7O2. The third kappa shape index (κ3) is 2.87. The standard InChI is InChI=1S/C17H21N7O2/c1-21(2)12-8-6-11(7-9-12)10-18-20-16-19-14-13(22(16)3)15(25)24(5)17(26)23(14)4/h6-10H,1-5H3,(H,19,20)/b18-10-. The zero-order chi connectivity index (χ0) is 19.0. The van der Waals surface area contributed by atoms with E-state index in [9.17, 15) is 9.59 Å². The summed E-state index contributed by atoms with van der Waals surface area (Å²) in [6.07, 6.45) is 1.66. The number of rotatable bonds is 4. The van der Waals surface area contributed by atoms with E-state index in [2.05, 4.69) is 15.5 Å². The smallest absolute Gasteiger partial charge is 0.332 e. The molecule has 2 heterocycles. The van der Waals surface area contributed by atoms with Gasteiger partial charge in [-0.3, -0.25) is 13.9 Å². The maximum absolute atomic E-state index is 12.3. The first kappa shape index (κ1) is 17.5. The zero-order valence-corrected chi connectivity index (χ0v) is 15.4. The lowest BCUT2D eigenvalue weighted by Gasteiger charge is -2.11. The number of nitrogens with zero attached hydrogens (tertiary/aromatic N) is 6. The molecule has 0 unspecified atom stereocenters. The van der Waals surface area contributed by atoms with Crippen LogP contribution in [0.4, 0.5) is 11.6 Å². The summed E-state index contributed by atoms with van der Waals surface area (Å²) in [7, 11) is 8.68. The summed E-state index contributed by atoms with van der Waals surface area (Å²) in [5.74, 6) is 0.375. The van der Waals surface area contributed by atoms with Crippen LogP contribution in [0.1, 0.15) is 5.56 Å². The van der Waals surface area contributed by atoms with Crippen LogP contribution in [-0.2, 0) is 21.1 Å². The van der Waals surface area contributed by atoms with Gasteiger partial charge in [-0.2, -0.15) is 10.1 Å². The minimum atomic E-state index is -0.420. The number of hydrogen-bond donors (Lipinski definition) is 1. The minimum absolute atomic E-state index is 0.314. The topological polar surface area (TPSA) is 89.5 Å². The molecule has 0 aliphatic rings. The SMILES string of the molecule is CN(C)c1ccc(/C=N\Nc2nc3c(c(=O)n(C)c(=O)n3C)n2C)cc1. The van der Waals surface area contributed by atoms with Gasteiger partial charge in [0.25, 0.3) is 5.56 Å². The molecule has 0 saturated heterocycles. The second-order valence-electron chi connectivity index (χ2n) is 6.23. The van der Waals surface area contributed by atoms with Crippen molar-refractivity contribution >= 4 is 29.0 Å². The van der Waals surface area contributed by atoms with E-state index in [1.807, 2.05) is 43.3 Å². The lowest BCUT2D eigenvalue weighted by atomic mass is 10.2. The average molecular weight is 355 g/mol. The van der Waals surface area contributed by atoms with Crippen LogP contribution in [0.3, 0.4) is 0 Å². The Balaban J connectivity index is 1.91. The molecule has 2 aromatic heterocycles. The van der Waals surface area contributed by atoms with Crippen molar-refractivity contribution in [3.8, 4) is 0 Å². The summed E-state index contributed by atoms with van der Waals surface area (Å²) < 4.78 is 3.98. The fourth-order valence-corrected chi connectivity index (χ4v) is 2.64. The highest BCUT2D eigenvalue weighted by Crippen LogP contribution is 2.14. The fourth-order valence-electron chi connectivity index (χ4n) is 2.64. The predicted octanol–water partition coefficient (Wildman–Crippen LogP) is 0.483. The molecule has 9 heteroatoms. The van der Waals surface area contributed by atoms with Crippen LogP contribution in [-0.4, -0.2) is 39.0 Å². The minimum Gasteiger partial charge on any atom is -0.378 e. The highest BCUT2D eigenvalue weighted by Gasteiger charge is 2.16. The maximum Gasteiger partial charge on any atom is 0.332 e. The number of aryl methyl sites for hydroxylation is 2. The predicted molar refractivity (Wildman–Crippen MR) is 103 cm³/mol. The molecule has 0 amide bonds. The van der Waals surface area contributed by atoms with Gasteiger partial charge in [-0.05, 0) is 17.7 Å². The van der Waals surface area contributed by atoms with Crippen LogP contribution in [0.25, 0.3) is 11.2 Å². The summed E-state index contributed by atoms with van der Waals surface area (Å²) in [6, 6.07) is 7.90. The molecule has 136 valence electrons. The van der Waals surface area contributed by atoms with E-state index in [0.29, 0.717) is 17.1 Å². The Morgan fingerprint density at radius 1 is 1.04 bits per heavy atom. The Bertz CT molecular complexity index is 1100. The Morgan fingerprint density at radius 3 is 2.31 bits per heavy atom.